The molecule has 2 aromatic rings. The van der Waals surface area contributed by atoms with Crippen LogP contribution in [-0.2, 0) is 20.2 Å². The van der Waals surface area contributed by atoms with Gasteiger partial charge in [-0.2, -0.15) is 26.3 Å². The number of rotatable bonds is 6. The Morgan fingerprint density at radius 1 is 0.943 bits per heavy atom. The fourth-order valence-corrected chi connectivity index (χ4v) is 4.55. The molecule has 0 aromatic heterocycles. The molecule has 192 valence electrons. The van der Waals surface area contributed by atoms with Gasteiger partial charge in [0.1, 0.15) is 0 Å². The van der Waals surface area contributed by atoms with E-state index in [2.05, 4.69) is 20.7 Å². The summed E-state index contributed by atoms with van der Waals surface area (Å²) in [4.78, 5) is 24.5. The average Bonchev–Trinajstić information content (AvgIpc) is 2.76. The highest BCUT2D eigenvalue weighted by atomic mass is 79.9. The summed E-state index contributed by atoms with van der Waals surface area (Å²) < 4.78 is 122. The lowest BCUT2D eigenvalue weighted by Crippen LogP contribution is -2.50. The second kappa shape index (κ2) is 9.76. The lowest BCUT2D eigenvalue weighted by molar-refractivity contribution is -0.348. The lowest BCUT2D eigenvalue weighted by Gasteiger charge is -2.30. The first-order valence-electron chi connectivity index (χ1n) is 9.29. The smallest absolute Gasteiger partial charge is 0.435 e. The van der Waals surface area contributed by atoms with Crippen LogP contribution in [0.5, 0.6) is 0 Å². The van der Waals surface area contributed by atoms with Crippen LogP contribution in [0.1, 0.15) is 33.2 Å². The predicted octanol–water partition coefficient (Wildman–Crippen LogP) is 5.57. The molecular weight excluding hydrogens is 579 g/mol. The zero-order chi connectivity index (χ0) is 27.0. The van der Waals surface area contributed by atoms with Crippen molar-refractivity contribution in [3.05, 3.63) is 57.6 Å². The van der Waals surface area contributed by atoms with Gasteiger partial charge in [0, 0.05) is 10.0 Å². The Hall–Kier alpha value is -2.68. The summed E-state index contributed by atoms with van der Waals surface area (Å²) in [6.07, 6.45) is -12.9. The number of amides is 1. The van der Waals surface area contributed by atoms with Crippen molar-refractivity contribution >= 4 is 43.3 Å². The fraction of sp³-hybridized carbons (Fsp3) is 0.300. The van der Waals surface area contributed by atoms with Crippen molar-refractivity contribution in [1.82, 2.24) is 0 Å². The van der Waals surface area contributed by atoms with Crippen molar-refractivity contribution < 1.29 is 53.5 Å². The third kappa shape index (κ3) is 5.44. The van der Waals surface area contributed by atoms with Crippen LogP contribution in [0.3, 0.4) is 0 Å². The van der Waals surface area contributed by atoms with Gasteiger partial charge in [0.25, 0.3) is 5.91 Å². The summed E-state index contributed by atoms with van der Waals surface area (Å²) in [5.41, 5.74) is -9.93. The number of methoxy groups -OCH3 is 1. The second-order valence-corrected chi connectivity index (χ2v) is 10.1. The van der Waals surface area contributed by atoms with Crippen LogP contribution in [0.4, 0.5) is 36.4 Å². The van der Waals surface area contributed by atoms with E-state index in [1.807, 2.05) is 5.32 Å². The predicted molar refractivity (Wildman–Crippen MR) is 112 cm³/mol. The Morgan fingerprint density at radius 3 is 2.00 bits per heavy atom. The first kappa shape index (κ1) is 28.6. The quantitative estimate of drug-likeness (QED) is 0.349. The van der Waals surface area contributed by atoms with Crippen LogP contribution >= 0.6 is 15.9 Å². The summed E-state index contributed by atoms with van der Waals surface area (Å²) in [6, 6.07) is 3.99. The number of esters is 1. The molecule has 0 unspecified atom stereocenters. The molecule has 0 saturated heterocycles. The number of carbonyl (C=O) groups is 2. The zero-order valence-electron chi connectivity index (χ0n) is 17.6. The van der Waals surface area contributed by atoms with Crippen LogP contribution in [0, 0.1) is 0 Å². The Labute approximate surface area is 202 Å². The van der Waals surface area contributed by atoms with Gasteiger partial charge in [0.15, 0.2) is 9.84 Å². The average molecular weight is 594 g/mol. The molecule has 0 atom stereocenters. The minimum Gasteiger partial charge on any atom is -0.465 e. The normalized spacial score (nSPS) is 12.9. The summed E-state index contributed by atoms with van der Waals surface area (Å²) in [5.74, 6) is -3.06. The molecule has 0 aliphatic heterocycles. The van der Waals surface area contributed by atoms with Gasteiger partial charge in [-0.1, -0.05) is 28.9 Å². The molecule has 1 amide bonds. The van der Waals surface area contributed by atoms with Gasteiger partial charge in [-0.05, 0) is 30.3 Å². The molecule has 0 aliphatic rings. The molecule has 0 saturated carbocycles. The molecule has 2 aromatic carbocycles. The fourth-order valence-electron chi connectivity index (χ4n) is 2.92. The van der Waals surface area contributed by atoms with E-state index in [0.717, 1.165) is 19.2 Å². The van der Waals surface area contributed by atoms with Gasteiger partial charge >= 0.3 is 24.0 Å². The molecular formula is C20H15BrF7NO5S. The first-order valence-corrected chi connectivity index (χ1v) is 11.7. The highest BCUT2D eigenvalue weighted by Crippen LogP contribution is 2.53. The third-order valence-electron chi connectivity index (χ3n) is 4.76. The Balaban J connectivity index is 2.66. The van der Waals surface area contributed by atoms with E-state index < -0.39 is 72.8 Å². The van der Waals surface area contributed by atoms with Crippen LogP contribution in [0.2, 0.25) is 0 Å². The van der Waals surface area contributed by atoms with Gasteiger partial charge in [0.2, 0.25) is 0 Å². The maximum Gasteiger partial charge on any atom is 0.435 e. The third-order valence-corrected chi connectivity index (χ3v) is 7.02. The Kier molecular flexibility index (Phi) is 7.96. The monoisotopic (exact) mass is 593 g/mol. The van der Waals surface area contributed by atoms with Crippen LogP contribution in [0.15, 0.2) is 45.8 Å². The maximum absolute atomic E-state index is 14.4. The number of alkyl halides is 7. The summed E-state index contributed by atoms with van der Waals surface area (Å²) in [7, 11) is -3.21. The second-order valence-electron chi connectivity index (χ2n) is 6.90. The van der Waals surface area contributed by atoms with Crippen molar-refractivity contribution in [1.29, 1.82) is 0 Å². The molecule has 35 heavy (non-hydrogen) atoms. The Morgan fingerprint density at radius 2 is 1.51 bits per heavy atom. The van der Waals surface area contributed by atoms with E-state index in [-0.39, 0.29) is 12.1 Å². The van der Waals surface area contributed by atoms with E-state index in [1.165, 1.54) is 13.0 Å². The summed E-state index contributed by atoms with van der Waals surface area (Å²) in [5, 5.41) is 2.05. The molecule has 0 bridgehead atoms. The number of benzene rings is 2. The molecule has 6 nitrogen and oxygen atoms in total. The largest absolute Gasteiger partial charge is 0.465 e. The van der Waals surface area contributed by atoms with Gasteiger partial charge in [0.05, 0.1) is 34.6 Å². The highest BCUT2D eigenvalue weighted by molar-refractivity contribution is 9.10. The van der Waals surface area contributed by atoms with Gasteiger partial charge in [-0.3, -0.25) is 4.79 Å². The number of ether oxygens (including phenoxy) is 1. The van der Waals surface area contributed by atoms with Crippen molar-refractivity contribution in [3.8, 4) is 0 Å². The number of hydrogen-bond donors (Lipinski definition) is 1. The minimum atomic E-state index is -6.44. The topological polar surface area (TPSA) is 89.5 Å². The van der Waals surface area contributed by atoms with Crippen LogP contribution in [-0.4, -0.2) is 45.5 Å². The van der Waals surface area contributed by atoms with Crippen molar-refractivity contribution in [2.24, 2.45) is 0 Å². The maximum atomic E-state index is 14.4. The number of carbonyl (C=O) groups excluding carboxylic acids is 2. The van der Waals surface area contributed by atoms with Gasteiger partial charge in [-0.15, -0.1) is 0 Å². The van der Waals surface area contributed by atoms with Crippen LogP contribution < -0.4 is 5.32 Å². The lowest BCUT2D eigenvalue weighted by atomic mass is 9.92. The molecule has 1 N–H and O–H groups in total. The standard InChI is InChI=1S/C20H15BrF7NO5S/c1-3-35(32,33)15-9-11(21)5-6-12(15)16(30)29-14-7-4-10(8-13(14)17(31)34-2)18(22,19(23,24)25)20(26,27)28/h4-9H,3H2,1-2H3,(H,29,30). The number of anilines is 1. The van der Waals surface area contributed by atoms with E-state index in [0.29, 0.717) is 10.5 Å². The number of halogens is 8. The van der Waals surface area contributed by atoms with E-state index in [9.17, 15) is 48.7 Å². The highest BCUT2D eigenvalue weighted by Gasteiger charge is 2.73. The number of nitrogens with one attached hydrogen (secondary N) is 1. The molecule has 0 heterocycles. The molecule has 0 radical (unpaired) electrons. The molecule has 2 rings (SSSR count). The van der Waals surface area contributed by atoms with Crippen molar-refractivity contribution in [2.45, 2.75) is 29.8 Å². The number of sulfone groups is 1. The molecule has 0 spiro atoms. The zero-order valence-corrected chi connectivity index (χ0v) is 20.0. The van der Waals surface area contributed by atoms with E-state index in [1.54, 1.807) is 0 Å². The van der Waals surface area contributed by atoms with E-state index in [4.69, 9.17) is 0 Å². The summed E-state index contributed by atoms with van der Waals surface area (Å²) >= 11 is 3.06. The Bertz CT molecular complexity index is 1250. The molecule has 15 heteroatoms. The van der Waals surface area contributed by atoms with E-state index >= 15 is 0 Å². The van der Waals surface area contributed by atoms with Crippen molar-refractivity contribution in [3.63, 3.8) is 0 Å². The minimum absolute atomic E-state index is 0.0479. The van der Waals surface area contributed by atoms with Crippen molar-refractivity contribution in [2.75, 3.05) is 18.2 Å². The van der Waals surface area contributed by atoms with Crippen LogP contribution in [0.25, 0.3) is 0 Å². The molecule has 0 fully saturated rings. The number of hydrogen-bond acceptors (Lipinski definition) is 5. The van der Waals surface area contributed by atoms with Gasteiger partial charge in [-0.25, -0.2) is 17.6 Å². The first-order chi connectivity index (χ1) is 15.9. The summed E-state index contributed by atoms with van der Waals surface area (Å²) in [6.45, 7) is 1.30. The SMILES string of the molecule is CCS(=O)(=O)c1cc(Br)ccc1C(=O)Nc1ccc(C(F)(C(F)(F)F)C(F)(F)F)cc1C(=O)OC. The molecule has 0 aliphatic carbocycles. The van der Waals surface area contributed by atoms with Gasteiger partial charge < -0.3 is 10.1 Å².